The lowest BCUT2D eigenvalue weighted by Crippen LogP contribution is -2.12. The van der Waals surface area contributed by atoms with E-state index in [0.29, 0.717) is 17.2 Å². The van der Waals surface area contributed by atoms with E-state index in [2.05, 4.69) is 15.4 Å². The Morgan fingerprint density at radius 2 is 2.16 bits per heavy atom. The van der Waals surface area contributed by atoms with Gasteiger partial charge in [0.15, 0.2) is 0 Å². The number of anilines is 1. The van der Waals surface area contributed by atoms with Gasteiger partial charge < -0.3 is 5.43 Å². The van der Waals surface area contributed by atoms with Crippen molar-refractivity contribution in [2.45, 2.75) is 19.8 Å². The minimum Gasteiger partial charge on any atom is -0.308 e. The number of hydrogen-bond acceptors (Lipinski definition) is 4. The Kier molecular flexibility index (Phi) is 4.29. The molecule has 6 heteroatoms. The molecule has 0 unspecified atom stereocenters. The number of nitrogens with two attached hydrogens (primary N) is 1. The molecule has 0 bridgehead atoms. The quantitative estimate of drug-likeness (QED) is 0.668. The lowest BCUT2D eigenvalue weighted by Gasteiger charge is -2.07. The Bertz CT molecular complexity index is 567. The maximum absolute atomic E-state index is 13.8. The van der Waals surface area contributed by atoms with E-state index in [-0.39, 0.29) is 11.4 Å². The summed E-state index contributed by atoms with van der Waals surface area (Å²) in [6, 6.07) is 6.64. The minimum absolute atomic E-state index is 0.0984. The summed E-state index contributed by atoms with van der Waals surface area (Å²) in [6.07, 6.45) is 1.02. The third-order valence-electron chi connectivity index (χ3n) is 2.72. The number of benzene rings is 1. The van der Waals surface area contributed by atoms with Crippen molar-refractivity contribution in [1.82, 2.24) is 9.97 Å². The van der Waals surface area contributed by atoms with Crippen molar-refractivity contribution in [3.63, 3.8) is 0 Å². The van der Waals surface area contributed by atoms with Crippen molar-refractivity contribution in [3.05, 3.63) is 52.2 Å². The fourth-order valence-corrected chi connectivity index (χ4v) is 1.94. The van der Waals surface area contributed by atoms with E-state index in [1.807, 2.05) is 6.92 Å². The van der Waals surface area contributed by atoms with E-state index in [1.54, 1.807) is 18.2 Å². The average Bonchev–Trinajstić information content (AvgIpc) is 2.43. The molecule has 0 fully saturated rings. The van der Waals surface area contributed by atoms with Crippen LogP contribution in [0.4, 0.5) is 10.2 Å². The molecule has 0 saturated heterocycles. The highest BCUT2D eigenvalue weighted by atomic mass is 35.5. The molecule has 2 aromatic rings. The van der Waals surface area contributed by atoms with Gasteiger partial charge in [-0.05, 0) is 18.1 Å². The number of aromatic nitrogens is 2. The molecule has 0 amide bonds. The molecule has 19 heavy (non-hydrogen) atoms. The van der Waals surface area contributed by atoms with Crippen molar-refractivity contribution in [2.75, 3.05) is 5.43 Å². The molecule has 1 aromatic heterocycles. The zero-order valence-electron chi connectivity index (χ0n) is 10.5. The average molecular weight is 281 g/mol. The van der Waals surface area contributed by atoms with E-state index in [4.69, 9.17) is 17.4 Å². The van der Waals surface area contributed by atoms with Crippen LogP contribution in [0.2, 0.25) is 5.02 Å². The molecule has 4 nitrogen and oxygen atoms in total. The number of halogens is 2. The van der Waals surface area contributed by atoms with Gasteiger partial charge in [-0.1, -0.05) is 30.7 Å². The summed E-state index contributed by atoms with van der Waals surface area (Å²) in [7, 11) is 0. The monoisotopic (exact) mass is 280 g/mol. The molecule has 1 aromatic carbocycles. The first kappa shape index (κ1) is 13.7. The summed E-state index contributed by atoms with van der Waals surface area (Å²) in [6.45, 7) is 1.98. The van der Waals surface area contributed by atoms with Gasteiger partial charge in [-0.25, -0.2) is 20.2 Å². The van der Waals surface area contributed by atoms with E-state index in [1.165, 1.54) is 6.07 Å². The number of rotatable bonds is 4. The minimum atomic E-state index is -0.433. The van der Waals surface area contributed by atoms with Crippen molar-refractivity contribution >= 4 is 17.4 Å². The Labute approximate surface area is 115 Å². The Morgan fingerprint density at radius 1 is 1.37 bits per heavy atom. The fourth-order valence-electron chi connectivity index (χ4n) is 1.74. The van der Waals surface area contributed by atoms with Crippen molar-refractivity contribution < 1.29 is 4.39 Å². The van der Waals surface area contributed by atoms with Gasteiger partial charge in [-0.3, -0.25) is 0 Å². The van der Waals surface area contributed by atoms with Crippen LogP contribution in [-0.2, 0) is 12.8 Å². The molecule has 0 radical (unpaired) electrons. The number of hydrogen-bond donors (Lipinski definition) is 2. The Hall–Kier alpha value is -1.72. The van der Waals surface area contributed by atoms with Crippen molar-refractivity contribution in [3.8, 4) is 0 Å². The third-order valence-corrected chi connectivity index (χ3v) is 3.01. The number of nitrogen functional groups attached to an aromatic ring is 1. The summed E-state index contributed by atoms with van der Waals surface area (Å²) in [5.74, 6) is 5.95. The lowest BCUT2D eigenvalue weighted by molar-refractivity contribution is 0.612. The normalized spacial score (nSPS) is 10.5. The first-order valence-corrected chi connectivity index (χ1v) is 6.28. The highest BCUT2D eigenvalue weighted by Gasteiger charge is 2.10. The highest BCUT2D eigenvalue weighted by Crippen LogP contribution is 2.20. The molecule has 100 valence electrons. The summed E-state index contributed by atoms with van der Waals surface area (Å²) in [4.78, 5) is 8.56. The Balaban J connectivity index is 2.34. The van der Waals surface area contributed by atoms with Gasteiger partial charge in [-0.2, -0.15) is 0 Å². The van der Waals surface area contributed by atoms with Crippen LogP contribution >= 0.6 is 11.6 Å². The number of aryl methyl sites for hydroxylation is 1. The molecule has 0 spiro atoms. The van der Waals surface area contributed by atoms with Crippen LogP contribution in [0.3, 0.4) is 0 Å². The van der Waals surface area contributed by atoms with Crippen LogP contribution in [0.25, 0.3) is 0 Å². The largest absolute Gasteiger partial charge is 0.308 e. The van der Waals surface area contributed by atoms with Gasteiger partial charge in [-0.15, -0.1) is 0 Å². The number of nitrogens with one attached hydrogen (secondary N) is 1. The standard InChI is InChI=1S/C13H14ClFN4/c1-2-9-7-12(19-16)18-11(17-9)6-8-4-3-5-10(14)13(8)15/h3-5,7H,2,6,16H2,1H3,(H,17,18,19). The van der Waals surface area contributed by atoms with Crippen LogP contribution in [0, 0.1) is 5.82 Å². The molecule has 2 rings (SSSR count). The highest BCUT2D eigenvalue weighted by molar-refractivity contribution is 6.30. The van der Waals surface area contributed by atoms with Crippen LogP contribution < -0.4 is 11.3 Å². The summed E-state index contributed by atoms with van der Waals surface area (Å²) in [5, 5.41) is 0.0984. The van der Waals surface area contributed by atoms with Crippen LogP contribution in [0.1, 0.15) is 24.0 Å². The first-order chi connectivity index (χ1) is 9.13. The van der Waals surface area contributed by atoms with Gasteiger partial charge in [0.2, 0.25) is 0 Å². The first-order valence-electron chi connectivity index (χ1n) is 5.90. The molecule has 0 saturated carbocycles. The second-order valence-corrected chi connectivity index (χ2v) is 4.46. The fraction of sp³-hybridized carbons (Fsp3) is 0.231. The molecule has 0 atom stereocenters. The predicted molar refractivity (Wildman–Crippen MR) is 73.4 cm³/mol. The third kappa shape index (κ3) is 3.19. The second kappa shape index (κ2) is 5.95. The van der Waals surface area contributed by atoms with Gasteiger partial charge in [0.1, 0.15) is 17.5 Å². The van der Waals surface area contributed by atoms with Gasteiger partial charge >= 0.3 is 0 Å². The molecule has 3 N–H and O–H groups in total. The van der Waals surface area contributed by atoms with Crippen LogP contribution in [0.5, 0.6) is 0 Å². The van der Waals surface area contributed by atoms with E-state index >= 15 is 0 Å². The molecule has 0 aliphatic rings. The second-order valence-electron chi connectivity index (χ2n) is 4.05. The zero-order chi connectivity index (χ0) is 13.8. The van der Waals surface area contributed by atoms with Crippen molar-refractivity contribution in [2.24, 2.45) is 5.84 Å². The van der Waals surface area contributed by atoms with Crippen molar-refractivity contribution in [1.29, 1.82) is 0 Å². The van der Waals surface area contributed by atoms with E-state index in [9.17, 15) is 4.39 Å². The van der Waals surface area contributed by atoms with Gasteiger partial charge in [0.25, 0.3) is 0 Å². The van der Waals surface area contributed by atoms with E-state index < -0.39 is 5.82 Å². The van der Waals surface area contributed by atoms with E-state index in [0.717, 1.165) is 12.1 Å². The zero-order valence-corrected chi connectivity index (χ0v) is 11.2. The summed E-state index contributed by atoms with van der Waals surface area (Å²) in [5.41, 5.74) is 3.79. The summed E-state index contributed by atoms with van der Waals surface area (Å²) < 4.78 is 13.8. The molecular weight excluding hydrogens is 267 g/mol. The summed E-state index contributed by atoms with van der Waals surface area (Å²) >= 11 is 5.75. The lowest BCUT2D eigenvalue weighted by atomic mass is 10.1. The maximum Gasteiger partial charge on any atom is 0.145 e. The van der Waals surface area contributed by atoms with Crippen LogP contribution in [-0.4, -0.2) is 9.97 Å². The number of nitrogens with zero attached hydrogens (tertiary/aromatic N) is 2. The topological polar surface area (TPSA) is 63.8 Å². The van der Waals surface area contributed by atoms with Gasteiger partial charge in [0, 0.05) is 18.2 Å². The molecule has 0 aliphatic carbocycles. The molecular formula is C13H14ClFN4. The number of hydrazine groups is 1. The maximum atomic E-state index is 13.8. The molecule has 0 aliphatic heterocycles. The Morgan fingerprint density at radius 3 is 2.84 bits per heavy atom. The van der Waals surface area contributed by atoms with Gasteiger partial charge in [0.05, 0.1) is 5.02 Å². The smallest absolute Gasteiger partial charge is 0.145 e. The SMILES string of the molecule is CCc1cc(NN)nc(Cc2cccc(Cl)c2F)n1. The predicted octanol–water partition coefficient (Wildman–Crippen LogP) is 2.71. The molecule has 1 heterocycles. The van der Waals surface area contributed by atoms with Crippen LogP contribution in [0.15, 0.2) is 24.3 Å².